The predicted molar refractivity (Wildman–Crippen MR) is 106 cm³/mol. The lowest BCUT2D eigenvalue weighted by molar-refractivity contribution is -0.757. The van der Waals surface area contributed by atoms with Crippen LogP contribution in [0.2, 0.25) is 0 Å². The lowest BCUT2D eigenvalue weighted by atomic mass is 9.94. The van der Waals surface area contributed by atoms with Crippen LogP contribution in [0.1, 0.15) is 38.2 Å². The van der Waals surface area contributed by atoms with Crippen molar-refractivity contribution in [3.8, 4) is 11.5 Å². The van der Waals surface area contributed by atoms with Gasteiger partial charge in [-0.05, 0) is 37.5 Å². The molecule has 182 valence electrons. The van der Waals surface area contributed by atoms with Crippen LogP contribution in [0.15, 0.2) is 18.2 Å². The molecule has 33 heavy (non-hydrogen) atoms. The van der Waals surface area contributed by atoms with E-state index in [2.05, 4.69) is 9.68 Å². The number of carboxylic acid groups (broad SMARTS) is 1. The molecular weight excluding hydrogens is 450 g/mol. The van der Waals surface area contributed by atoms with Gasteiger partial charge in [0.25, 0.3) is 10.2 Å². The van der Waals surface area contributed by atoms with Crippen LogP contribution < -0.4 is 15.2 Å². The summed E-state index contributed by atoms with van der Waals surface area (Å²) in [6.45, 7) is 0.636. The molecule has 0 aliphatic rings. The number of aliphatic carboxylic acids is 1. The molecular formula is C18H23N3O12. The summed E-state index contributed by atoms with van der Waals surface area (Å²) in [5.74, 6) is -3.24. The van der Waals surface area contributed by atoms with Gasteiger partial charge in [0, 0.05) is 19.3 Å². The van der Waals surface area contributed by atoms with Crippen molar-refractivity contribution in [2.45, 2.75) is 44.6 Å². The van der Waals surface area contributed by atoms with E-state index in [9.17, 15) is 39.7 Å². The maximum absolute atomic E-state index is 12.1. The van der Waals surface area contributed by atoms with Gasteiger partial charge in [-0.25, -0.2) is 0 Å². The fourth-order valence-electron chi connectivity index (χ4n) is 2.38. The van der Waals surface area contributed by atoms with Crippen LogP contribution in [0.4, 0.5) is 0 Å². The molecule has 1 aromatic carbocycles. The summed E-state index contributed by atoms with van der Waals surface area (Å²) in [7, 11) is 0. The Hall–Kier alpha value is -4.01. The monoisotopic (exact) mass is 473 g/mol. The van der Waals surface area contributed by atoms with Gasteiger partial charge < -0.3 is 30.0 Å². The van der Waals surface area contributed by atoms with E-state index in [1.165, 1.54) is 25.1 Å². The summed E-state index contributed by atoms with van der Waals surface area (Å²) in [6, 6.07) is 3.98. The number of rotatable bonds is 15. The number of hydrogen-bond acceptors (Lipinski definition) is 12. The lowest BCUT2D eigenvalue weighted by Crippen LogP contribution is -2.46. The molecule has 3 N–H and O–H groups in total. The molecule has 0 aliphatic heterocycles. The Balaban J connectivity index is 2.91. The average Bonchev–Trinajstić information content (AvgIpc) is 2.70. The quantitative estimate of drug-likeness (QED) is 0.118. The highest BCUT2D eigenvalue weighted by atomic mass is 17.0. The lowest BCUT2D eigenvalue weighted by Gasteiger charge is -2.20. The van der Waals surface area contributed by atoms with Crippen LogP contribution in [0, 0.1) is 20.2 Å². The maximum Gasteiger partial charge on any atom is 0.323 e. The average molecular weight is 473 g/mol. The Morgan fingerprint density at radius 2 is 1.45 bits per heavy atom. The van der Waals surface area contributed by atoms with Crippen molar-refractivity contribution in [3.63, 3.8) is 0 Å². The second-order valence-electron chi connectivity index (χ2n) is 6.95. The van der Waals surface area contributed by atoms with Crippen molar-refractivity contribution in [1.82, 2.24) is 0 Å². The van der Waals surface area contributed by atoms with Crippen molar-refractivity contribution in [3.05, 3.63) is 44.0 Å². The molecule has 15 heteroatoms. The Labute approximate surface area is 186 Å². The summed E-state index contributed by atoms with van der Waals surface area (Å²) >= 11 is 0. The zero-order valence-electron chi connectivity index (χ0n) is 17.6. The molecule has 0 aromatic heterocycles. The van der Waals surface area contributed by atoms with Gasteiger partial charge in [-0.1, -0.05) is 6.07 Å². The third kappa shape index (κ3) is 10.7. The van der Waals surface area contributed by atoms with Crippen molar-refractivity contribution < 1.29 is 48.8 Å². The molecule has 0 radical (unpaired) electrons. The molecule has 1 unspecified atom stereocenters. The van der Waals surface area contributed by atoms with Crippen LogP contribution >= 0.6 is 0 Å². The highest BCUT2D eigenvalue weighted by Crippen LogP contribution is 2.30. The van der Waals surface area contributed by atoms with Crippen LogP contribution in [0.25, 0.3) is 0 Å². The second-order valence-corrected chi connectivity index (χ2v) is 6.95. The molecule has 0 fully saturated rings. The van der Waals surface area contributed by atoms with Gasteiger partial charge in [-0.15, -0.1) is 20.2 Å². The highest BCUT2D eigenvalue weighted by Gasteiger charge is 2.28. The Morgan fingerprint density at radius 1 is 0.970 bits per heavy atom. The molecule has 1 aromatic rings. The van der Waals surface area contributed by atoms with E-state index in [0.29, 0.717) is 5.56 Å². The number of benzene rings is 1. The van der Waals surface area contributed by atoms with Crippen LogP contribution in [-0.2, 0) is 30.5 Å². The van der Waals surface area contributed by atoms with Crippen LogP contribution in [0.3, 0.4) is 0 Å². The zero-order valence-corrected chi connectivity index (χ0v) is 17.6. The van der Waals surface area contributed by atoms with Gasteiger partial charge in [-0.2, -0.15) is 0 Å². The van der Waals surface area contributed by atoms with Crippen molar-refractivity contribution in [2.24, 2.45) is 5.73 Å². The van der Waals surface area contributed by atoms with Gasteiger partial charge in [0.15, 0.2) is 11.5 Å². The van der Waals surface area contributed by atoms with Crippen molar-refractivity contribution in [2.75, 3.05) is 13.2 Å². The van der Waals surface area contributed by atoms with E-state index >= 15 is 0 Å². The predicted octanol–water partition coefficient (Wildman–Crippen LogP) is 0.819. The normalized spacial score (nSPS) is 12.2. The highest BCUT2D eigenvalue weighted by molar-refractivity contribution is 5.79. The number of ether oxygens (including phenoxy) is 2. The third-order valence-corrected chi connectivity index (χ3v) is 3.96. The van der Waals surface area contributed by atoms with Crippen molar-refractivity contribution in [1.29, 1.82) is 0 Å². The first kappa shape index (κ1) is 27.0. The molecule has 0 aliphatic carbocycles. The van der Waals surface area contributed by atoms with Crippen LogP contribution in [-0.4, -0.2) is 51.9 Å². The summed E-state index contributed by atoms with van der Waals surface area (Å²) < 4.78 is 10.3. The first-order valence-corrected chi connectivity index (χ1v) is 9.52. The van der Waals surface area contributed by atoms with E-state index in [1.54, 1.807) is 0 Å². The van der Waals surface area contributed by atoms with Gasteiger partial charge in [-0.3, -0.25) is 14.4 Å². The minimum atomic E-state index is -1.63. The van der Waals surface area contributed by atoms with Gasteiger partial charge in [0.2, 0.25) is 0 Å². The topological polar surface area (TPSA) is 221 Å². The largest absolute Gasteiger partial charge is 0.480 e. The molecule has 0 amide bonds. The number of esters is 2. The van der Waals surface area contributed by atoms with Gasteiger partial charge in [0.05, 0.1) is 13.2 Å². The van der Waals surface area contributed by atoms with E-state index in [4.69, 9.17) is 15.2 Å². The Kier molecular flexibility index (Phi) is 10.4. The van der Waals surface area contributed by atoms with Gasteiger partial charge >= 0.3 is 17.9 Å². The second kappa shape index (κ2) is 12.7. The Bertz CT molecular complexity index is 886. The minimum absolute atomic E-state index is 0.00635. The fourth-order valence-corrected chi connectivity index (χ4v) is 2.38. The summed E-state index contributed by atoms with van der Waals surface area (Å²) in [5, 5.41) is 27.4. The van der Waals surface area contributed by atoms with Crippen LogP contribution in [0.5, 0.6) is 11.5 Å². The van der Waals surface area contributed by atoms with Gasteiger partial charge in [0.1, 0.15) is 5.54 Å². The van der Waals surface area contributed by atoms with E-state index in [0.717, 1.165) is 0 Å². The van der Waals surface area contributed by atoms with Crippen molar-refractivity contribution >= 4 is 17.9 Å². The first-order valence-electron chi connectivity index (χ1n) is 9.52. The molecule has 0 saturated heterocycles. The number of hydrogen-bond donors (Lipinski definition) is 2. The third-order valence-electron chi connectivity index (χ3n) is 3.96. The maximum atomic E-state index is 12.1. The van der Waals surface area contributed by atoms with E-state index < -0.39 is 33.6 Å². The van der Waals surface area contributed by atoms with E-state index in [1.807, 2.05) is 0 Å². The molecule has 1 atom stereocenters. The molecule has 0 spiro atoms. The molecule has 0 bridgehead atoms. The number of carbonyl (C=O) groups excluding carboxylic acids is 2. The number of carbonyl (C=O) groups is 3. The fraction of sp³-hybridized carbons (Fsp3) is 0.500. The zero-order chi connectivity index (χ0) is 25.0. The standard InChI is InChI=1S/C18H23N3O12/c1-18(19,17(24)25)11-12-6-7-13(32-15(22)4-2-8-30-20(26)27)14(10-12)33-16(23)5-3-9-31-21(28)29/h6-7,10H,2-5,8-9,11,19H2,1H3,(H,24,25). The molecule has 15 nitrogen and oxygen atoms in total. The first-order chi connectivity index (χ1) is 15.4. The summed E-state index contributed by atoms with van der Waals surface area (Å²) in [4.78, 5) is 63.8. The number of nitrogens with two attached hydrogens (primary N) is 1. The molecule has 1 rings (SSSR count). The smallest absolute Gasteiger partial charge is 0.323 e. The number of carboxylic acids is 1. The Morgan fingerprint density at radius 3 is 1.91 bits per heavy atom. The SMILES string of the molecule is CC(N)(Cc1ccc(OC(=O)CCCO[N+](=O)[O-])c(OC(=O)CCCO[N+](=O)[O-])c1)C(=O)O. The minimum Gasteiger partial charge on any atom is -0.480 e. The molecule has 0 saturated carbocycles. The summed E-state index contributed by atoms with van der Waals surface area (Å²) in [5.41, 5.74) is 4.47. The number of nitrogens with zero attached hydrogens (tertiary/aromatic N) is 2. The summed E-state index contributed by atoms with van der Waals surface area (Å²) in [6.07, 6.45) is -0.664. The van der Waals surface area contributed by atoms with E-state index in [-0.39, 0.29) is 56.8 Å². The molecule has 0 heterocycles.